The third-order valence-corrected chi connectivity index (χ3v) is 3.36. The summed E-state index contributed by atoms with van der Waals surface area (Å²) in [4.78, 5) is 9.33. The number of thiazole rings is 1. The Morgan fingerprint density at radius 1 is 1.33 bits per heavy atom. The lowest BCUT2D eigenvalue weighted by Gasteiger charge is -1.97. The van der Waals surface area contributed by atoms with Gasteiger partial charge in [-0.15, -0.1) is 11.3 Å². The van der Waals surface area contributed by atoms with Crippen LogP contribution < -0.4 is 0 Å². The van der Waals surface area contributed by atoms with Gasteiger partial charge >= 0.3 is 0 Å². The summed E-state index contributed by atoms with van der Waals surface area (Å²) in [7, 11) is 0. The van der Waals surface area contributed by atoms with E-state index in [-0.39, 0.29) is 5.82 Å². The van der Waals surface area contributed by atoms with Crippen molar-refractivity contribution in [1.82, 2.24) is 9.97 Å². The molecule has 2 nitrogen and oxygen atoms in total. The lowest BCUT2D eigenvalue weighted by atomic mass is 10.2. The zero-order valence-electron chi connectivity index (χ0n) is 8.57. The zero-order chi connectivity index (χ0) is 10.8. The molecule has 0 fully saturated rings. The summed E-state index contributed by atoms with van der Waals surface area (Å²) in [6, 6.07) is 2.98. The van der Waals surface area contributed by atoms with E-state index < -0.39 is 0 Å². The minimum absolute atomic E-state index is 0.317. The molecule has 0 saturated carbocycles. The van der Waals surface area contributed by atoms with Gasteiger partial charge in [0.1, 0.15) is 10.7 Å². The predicted molar refractivity (Wildman–Crippen MR) is 59.4 cm³/mol. The number of halogens is 1. The molecule has 4 heteroatoms. The van der Waals surface area contributed by atoms with Crippen LogP contribution in [0.15, 0.2) is 24.5 Å². The van der Waals surface area contributed by atoms with Crippen LogP contribution in [0.25, 0.3) is 10.7 Å². The van der Waals surface area contributed by atoms with Gasteiger partial charge in [-0.05, 0) is 18.1 Å². The number of pyridine rings is 1. The minimum Gasteiger partial charge on any atom is -0.251 e. The lowest BCUT2D eigenvalue weighted by Crippen LogP contribution is -1.86. The highest BCUT2D eigenvalue weighted by molar-refractivity contribution is 7.15. The number of rotatable bonds is 2. The molecule has 0 aliphatic carbocycles. The van der Waals surface area contributed by atoms with E-state index in [1.165, 1.54) is 17.4 Å². The highest BCUT2D eigenvalue weighted by atomic mass is 32.1. The first-order chi connectivity index (χ1) is 7.18. The van der Waals surface area contributed by atoms with Crippen molar-refractivity contribution in [3.63, 3.8) is 0 Å². The topological polar surface area (TPSA) is 25.8 Å². The second-order valence-corrected chi connectivity index (χ2v) is 4.62. The van der Waals surface area contributed by atoms with E-state index in [0.29, 0.717) is 16.6 Å². The Bertz CT molecular complexity index is 465. The van der Waals surface area contributed by atoms with Crippen LogP contribution >= 0.6 is 11.3 Å². The molecule has 0 aromatic carbocycles. The normalized spacial score (nSPS) is 10.9. The maximum absolute atomic E-state index is 13.4. The fraction of sp³-hybridized carbons (Fsp3) is 0.273. The lowest BCUT2D eigenvalue weighted by molar-refractivity contribution is 0.625. The molecule has 2 heterocycles. The van der Waals surface area contributed by atoms with Crippen molar-refractivity contribution < 1.29 is 4.39 Å². The second kappa shape index (κ2) is 4.06. The SMILES string of the molecule is CC(C)c1cnc(-c2ncccc2F)s1. The molecular weight excluding hydrogens is 211 g/mol. The summed E-state index contributed by atoms with van der Waals surface area (Å²) in [6.45, 7) is 4.18. The van der Waals surface area contributed by atoms with Gasteiger partial charge in [-0.25, -0.2) is 9.37 Å². The number of aromatic nitrogens is 2. The molecule has 0 aliphatic rings. The monoisotopic (exact) mass is 222 g/mol. The molecule has 0 N–H and O–H groups in total. The molecule has 0 atom stereocenters. The molecule has 0 unspecified atom stereocenters. The third-order valence-electron chi connectivity index (χ3n) is 2.05. The van der Waals surface area contributed by atoms with Crippen molar-refractivity contribution in [2.75, 3.05) is 0 Å². The van der Waals surface area contributed by atoms with E-state index in [9.17, 15) is 4.39 Å². The van der Waals surface area contributed by atoms with Gasteiger partial charge in [0.2, 0.25) is 0 Å². The van der Waals surface area contributed by atoms with Crippen molar-refractivity contribution in [3.8, 4) is 10.7 Å². The van der Waals surface area contributed by atoms with E-state index in [2.05, 4.69) is 23.8 Å². The molecule has 2 rings (SSSR count). The molecule has 0 amide bonds. The summed E-state index contributed by atoms with van der Waals surface area (Å²) in [5.41, 5.74) is 0.342. The predicted octanol–water partition coefficient (Wildman–Crippen LogP) is 3.47. The third kappa shape index (κ3) is 2.04. The molecule has 78 valence electrons. The first kappa shape index (κ1) is 10.2. The fourth-order valence-corrected chi connectivity index (χ4v) is 2.12. The van der Waals surface area contributed by atoms with Crippen molar-refractivity contribution in [3.05, 3.63) is 35.2 Å². The van der Waals surface area contributed by atoms with Crippen LogP contribution in [0.4, 0.5) is 4.39 Å². The van der Waals surface area contributed by atoms with E-state index in [4.69, 9.17) is 0 Å². The summed E-state index contributed by atoms with van der Waals surface area (Å²) in [5.74, 6) is 0.102. The second-order valence-electron chi connectivity index (χ2n) is 3.56. The van der Waals surface area contributed by atoms with Crippen LogP contribution in [-0.2, 0) is 0 Å². The van der Waals surface area contributed by atoms with Crippen molar-refractivity contribution in [2.45, 2.75) is 19.8 Å². The van der Waals surface area contributed by atoms with Crippen LogP contribution in [0.5, 0.6) is 0 Å². The maximum atomic E-state index is 13.4. The highest BCUT2D eigenvalue weighted by Crippen LogP contribution is 2.29. The van der Waals surface area contributed by atoms with Gasteiger partial charge in [0.05, 0.1) is 0 Å². The highest BCUT2D eigenvalue weighted by Gasteiger charge is 2.11. The molecular formula is C11H11FN2S. The quantitative estimate of drug-likeness (QED) is 0.777. The van der Waals surface area contributed by atoms with Gasteiger partial charge in [-0.1, -0.05) is 13.8 Å². The largest absolute Gasteiger partial charge is 0.251 e. The number of nitrogens with zero attached hydrogens (tertiary/aromatic N) is 2. The van der Waals surface area contributed by atoms with Crippen LogP contribution in [0.1, 0.15) is 24.6 Å². The van der Waals surface area contributed by atoms with Crippen LogP contribution in [0.2, 0.25) is 0 Å². The smallest absolute Gasteiger partial charge is 0.151 e. The molecule has 0 saturated heterocycles. The van der Waals surface area contributed by atoms with Gasteiger partial charge < -0.3 is 0 Å². The van der Waals surface area contributed by atoms with Crippen LogP contribution in [0.3, 0.4) is 0 Å². The standard InChI is InChI=1S/C11H11FN2S/c1-7(2)9-6-14-11(15-9)10-8(12)4-3-5-13-10/h3-7H,1-2H3. The van der Waals surface area contributed by atoms with Gasteiger partial charge in [0.15, 0.2) is 5.82 Å². The molecule has 0 bridgehead atoms. The Labute approximate surface area is 91.8 Å². The van der Waals surface area contributed by atoms with Crippen LogP contribution in [-0.4, -0.2) is 9.97 Å². The Morgan fingerprint density at radius 2 is 2.13 bits per heavy atom. The van der Waals surface area contributed by atoms with Gasteiger partial charge in [-0.3, -0.25) is 4.98 Å². The fourth-order valence-electron chi connectivity index (χ4n) is 1.21. The summed E-state index contributed by atoms with van der Waals surface area (Å²) in [5, 5.41) is 0.650. The molecule has 0 spiro atoms. The van der Waals surface area contributed by atoms with E-state index in [0.717, 1.165) is 4.88 Å². The Hall–Kier alpha value is -1.29. The molecule has 0 radical (unpaired) electrons. The maximum Gasteiger partial charge on any atom is 0.151 e. The van der Waals surface area contributed by atoms with Crippen LogP contribution in [0, 0.1) is 5.82 Å². The molecule has 2 aromatic rings. The average molecular weight is 222 g/mol. The molecule has 2 aromatic heterocycles. The molecule has 15 heavy (non-hydrogen) atoms. The Balaban J connectivity index is 2.42. The number of hydrogen-bond acceptors (Lipinski definition) is 3. The average Bonchev–Trinajstić information content (AvgIpc) is 2.67. The van der Waals surface area contributed by atoms with Gasteiger partial charge in [-0.2, -0.15) is 0 Å². The van der Waals surface area contributed by atoms with Gasteiger partial charge in [0.25, 0.3) is 0 Å². The summed E-state index contributed by atoms with van der Waals surface area (Å²) >= 11 is 1.49. The van der Waals surface area contributed by atoms with Crippen molar-refractivity contribution >= 4 is 11.3 Å². The van der Waals surface area contributed by atoms with Crippen molar-refractivity contribution in [2.24, 2.45) is 0 Å². The molecule has 0 aliphatic heterocycles. The Kier molecular flexibility index (Phi) is 2.77. The summed E-state index contributed by atoms with van der Waals surface area (Å²) in [6.07, 6.45) is 3.37. The van der Waals surface area contributed by atoms with E-state index in [1.54, 1.807) is 18.5 Å². The summed E-state index contributed by atoms with van der Waals surface area (Å²) < 4.78 is 13.4. The Morgan fingerprint density at radius 3 is 2.73 bits per heavy atom. The first-order valence-electron chi connectivity index (χ1n) is 4.75. The first-order valence-corrected chi connectivity index (χ1v) is 5.56. The van der Waals surface area contributed by atoms with E-state index in [1.807, 2.05) is 0 Å². The van der Waals surface area contributed by atoms with Crippen molar-refractivity contribution in [1.29, 1.82) is 0 Å². The minimum atomic E-state index is -0.317. The van der Waals surface area contributed by atoms with Gasteiger partial charge in [0, 0.05) is 17.3 Å². The number of hydrogen-bond donors (Lipinski definition) is 0. The zero-order valence-corrected chi connectivity index (χ0v) is 9.38. The van der Waals surface area contributed by atoms with E-state index >= 15 is 0 Å².